The zero-order valence-corrected chi connectivity index (χ0v) is 18.9. The summed E-state index contributed by atoms with van der Waals surface area (Å²) < 4.78 is 43.4. The van der Waals surface area contributed by atoms with Crippen molar-refractivity contribution in [1.82, 2.24) is 25.1 Å². The van der Waals surface area contributed by atoms with E-state index in [2.05, 4.69) is 30.4 Å². The summed E-state index contributed by atoms with van der Waals surface area (Å²) in [5.41, 5.74) is 0.404. The lowest BCUT2D eigenvalue weighted by molar-refractivity contribution is -0.208. The summed E-state index contributed by atoms with van der Waals surface area (Å²) in [7, 11) is 0. The highest BCUT2D eigenvalue weighted by atomic mass is 19.4. The van der Waals surface area contributed by atoms with Gasteiger partial charge in [0.05, 0.1) is 0 Å². The van der Waals surface area contributed by atoms with Crippen LogP contribution in [-0.4, -0.2) is 50.4 Å². The van der Waals surface area contributed by atoms with Gasteiger partial charge in [0.25, 0.3) is 5.91 Å². The van der Waals surface area contributed by atoms with Gasteiger partial charge < -0.3 is 15.4 Å². The Morgan fingerprint density at radius 3 is 2.56 bits per heavy atom. The molecule has 2 atom stereocenters. The maximum Gasteiger partial charge on any atom is 0.490 e. The predicted molar refractivity (Wildman–Crippen MR) is 122 cm³/mol. The van der Waals surface area contributed by atoms with Gasteiger partial charge >= 0.3 is 17.8 Å². The zero-order valence-electron chi connectivity index (χ0n) is 18.9. The standard InChI is InChI=1S/C23H23F3N6O4/c24-23(25,26)20(34)36-17-6-2-1-5-15(17)13-28-19(33)14-8-10-16(11-9-14)29-21-30-22(35)32(31-21)18-7-3-4-12-27-18/h3-4,7-12,15,17H,1-2,5-6,13H2,(H,28,33)(H2,29,30,31,35)/t15-,17-/m1/s1. The third-order valence-electron chi connectivity index (χ3n) is 5.75. The number of alkyl halides is 3. The van der Waals surface area contributed by atoms with Crippen LogP contribution < -0.4 is 16.3 Å². The number of amides is 1. The molecule has 1 fully saturated rings. The van der Waals surface area contributed by atoms with E-state index in [4.69, 9.17) is 0 Å². The topological polar surface area (TPSA) is 131 Å². The van der Waals surface area contributed by atoms with Gasteiger partial charge in [0.2, 0.25) is 5.95 Å². The molecule has 3 aromatic rings. The summed E-state index contributed by atoms with van der Waals surface area (Å²) in [6.45, 7) is 0.0842. The predicted octanol–water partition coefficient (Wildman–Crippen LogP) is 3.09. The number of carbonyl (C=O) groups is 2. The van der Waals surface area contributed by atoms with Crippen LogP contribution in [0.1, 0.15) is 36.0 Å². The second-order valence-corrected chi connectivity index (χ2v) is 8.28. The number of rotatable bonds is 7. The summed E-state index contributed by atoms with van der Waals surface area (Å²) in [5.74, 6) is -2.49. The molecule has 0 bridgehead atoms. The Balaban J connectivity index is 1.33. The molecule has 0 aliphatic heterocycles. The first-order valence-corrected chi connectivity index (χ1v) is 11.2. The van der Waals surface area contributed by atoms with Crippen molar-refractivity contribution in [3.05, 3.63) is 64.7 Å². The van der Waals surface area contributed by atoms with Gasteiger partial charge in [-0.15, -0.1) is 5.10 Å². The van der Waals surface area contributed by atoms with Crippen LogP contribution in [0.25, 0.3) is 5.82 Å². The Morgan fingerprint density at radius 2 is 1.86 bits per heavy atom. The van der Waals surface area contributed by atoms with Crippen molar-refractivity contribution in [2.75, 3.05) is 11.9 Å². The quantitative estimate of drug-likeness (QED) is 0.422. The smallest absolute Gasteiger partial charge is 0.455 e. The molecule has 1 aromatic carbocycles. The Bertz CT molecular complexity index is 1260. The van der Waals surface area contributed by atoms with Crippen molar-refractivity contribution in [2.24, 2.45) is 5.92 Å². The van der Waals surface area contributed by atoms with E-state index < -0.39 is 35.8 Å². The molecule has 3 N–H and O–H groups in total. The number of aromatic nitrogens is 4. The van der Waals surface area contributed by atoms with Crippen LogP contribution in [0.15, 0.2) is 53.5 Å². The van der Waals surface area contributed by atoms with Crippen molar-refractivity contribution >= 4 is 23.5 Å². The molecule has 1 aliphatic rings. The number of benzene rings is 1. The van der Waals surface area contributed by atoms with Gasteiger partial charge in [-0.1, -0.05) is 12.5 Å². The van der Waals surface area contributed by atoms with Gasteiger partial charge in [0.15, 0.2) is 5.82 Å². The molecule has 2 heterocycles. The second-order valence-electron chi connectivity index (χ2n) is 8.28. The van der Waals surface area contributed by atoms with E-state index >= 15 is 0 Å². The number of aromatic amines is 1. The highest BCUT2D eigenvalue weighted by Gasteiger charge is 2.43. The van der Waals surface area contributed by atoms with Gasteiger partial charge in [-0.25, -0.2) is 14.6 Å². The lowest BCUT2D eigenvalue weighted by Crippen LogP contribution is -2.41. The molecule has 2 aromatic heterocycles. The molecular formula is C23H23F3N6O4. The molecule has 1 saturated carbocycles. The number of ether oxygens (including phenoxy) is 1. The Morgan fingerprint density at radius 1 is 1.11 bits per heavy atom. The number of anilines is 2. The van der Waals surface area contributed by atoms with E-state index in [1.54, 1.807) is 42.5 Å². The first-order valence-electron chi connectivity index (χ1n) is 11.2. The molecule has 1 aliphatic carbocycles. The number of halogens is 3. The third kappa shape index (κ3) is 6.09. The maximum absolute atomic E-state index is 12.6. The minimum absolute atomic E-state index is 0.0842. The fourth-order valence-corrected chi connectivity index (χ4v) is 3.95. The van der Waals surface area contributed by atoms with E-state index in [0.29, 0.717) is 36.3 Å². The lowest BCUT2D eigenvalue weighted by atomic mass is 9.86. The summed E-state index contributed by atoms with van der Waals surface area (Å²) in [6.07, 6.45) is -2.11. The molecule has 36 heavy (non-hydrogen) atoms. The van der Waals surface area contributed by atoms with Gasteiger partial charge in [0, 0.05) is 29.9 Å². The van der Waals surface area contributed by atoms with E-state index in [0.717, 1.165) is 11.1 Å². The summed E-state index contributed by atoms with van der Waals surface area (Å²) in [6, 6.07) is 11.4. The van der Waals surface area contributed by atoms with Crippen LogP contribution in [0.5, 0.6) is 0 Å². The number of carbonyl (C=O) groups excluding carboxylic acids is 2. The summed E-state index contributed by atoms with van der Waals surface area (Å²) >= 11 is 0. The van der Waals surface area contributed by atoms with E-state index in [9.17, 15) is 27.6 Å². The summed E-state index contributed by atoms with van der Waals surface area (Å²) in [5, 5.41) is 9.79. The average molecular weight is 504 g/mol. The minimum atomic E-state index is -5.05. The number of hydrogen-bond donors (Lipinski definition) is 3. The second kappa shape index (κ2) is 10.6. The number of hydrogen-bond acceptors (Lipinski definition) is 7. The van der Waals surface area contributed by atoms with Crippen molar-refractivity contribution in [2.45, 2.75) is 38.0 Å². The fraction of sp³-hybridized carbons (Fsp3) is 0.348. The number of nitrogens with zero attached hydrogens (tertiary/aromatic N) is 3. The van der Waals surface area contributed by atoms with Gasteiger partial charge in [-0.3, -0.25) is 9.78 Å². The first kappa shape index (κ1) is 24.9. The maximum atomic E-state index is 12.6. The highest BCUT2D eigenvalue weighted by Crippen LogP contribution is 2.29. The Kier molecular flexibility index (Phi) is 7.36. The van der Waals surface area contributed by atoms with Gasteiger partial charge in [-0.05, 0) is 55.7 Å². The summed E-state index contributed by atoms with van der Waals surface area (Å²) in [4.78, 5) is 42.6. The minimum Gasteiger partial charge on any atom is -0.455 e. The first-order chi connectivity index (χ1) is 17.2. The molecule has 10 nitrogen and oxygen atoms in total. The van der Waals surface area contributed by atoms with Crippen LogP contribution in [0, 0.1) is 5.92 Å². The van der Waals surface area contributed by atoms with Crippen molar-refractivity contribution in [3.63, 3.8) is 0 Å². The number of H-pyrrole nitrogens is 1. The number of pyridine rings is 1. The van der Waals surface area contributed by atoms with Crippen molar-refractivity contribution in [1.29, 1.82) is 0 Å². The van der Waals surface area contributed by atoms with Gasteiger partial charge in [0.1, 0.15) is 6.10 Å². The van der Waals surface area contributed by atoms with Gasteiger partial charge in [-0.2, -0.15) is 17.9 Å². The zero-order chi connectivity index (χ0) is 25.7. The van der Waals surface area contributed by atoms with Crippen LogP contribution in [-0.2, 0) is 9.53 Å². The van der Waals surface area contributed by atoms with E-state index in [1.165, 1.54) is 6.20 Å². The van der Waals surface area contributed by atoms with E-state index in [1.807, 2.05) is 0 Å². The Hall–Kier alpha value is -4.16. The van der Waals surface area contributed by atoms with Crippen LogP contribution in [0.4, 0.5) is 24.8 Å². The molecule has 190 valence electrons. The van der Waals surface area contributed by atoms with Crippen molar-refractivity contribution in [3.8, 4) is 5.82 Å². The SMILES string of the molecule is O=C(NC[C@H]1CCCC[C@H]1OC(=O)C(F)(F)F)c1ccc(Nc2nn(-c3ccccn3)c(=O)[nH]2)cc1. The van der Waals surface area contributed by atoms with Crippen LogP contribution in [0.2, 0.25) is 0 Å². The van der Waals surface area contributed by atoms with E-state index in [-0.39, 0.29) is 12.5 Å². The molecule has 4 rings (SSSR count). The highest BCUT2D eigenvalue weighted by molar-refractivity contribution is 5.94. The largest absolute Gasteiger partial charge is 0.490 e. The fourth-order valence-electron chi connectivity index (χ4n) is 3.95. The normalized spacial score (nSPS) is 17.9. The van der Waals surface area contributed by atoms with Crippen LogP contribution >= 0.6 is 0 Å². The van der Waals surface area contributed by atoms with Crippen LogP contribution in [0.3, 0.4) is 0 Å². The lowest BCUT2D eigenvalue weighted by Gasteiger charge is -2.31. The monoisotopic (exact) mass is 504 g/mol. The third-order valence-corrected chi connectivity index (χ3v) is 5.75. The Labute approximate surface area is 202 Å². The number of esters is 1. The van der Waals surface area contributed by atoms with Crippen molar-refractivity contribution < 1.29 is 27.5 Å². The molecule has 0 saturated heterocycles. The average Bonchev–Trinajstić information content (AvgIpc) is 3.23. The molecule has 0 unspecified atom stereocenters. The molecule has 1 amide bonds. The molecule has 0 radical (unpaired) electrons. The molecule has 13 heteroatoms. The molecular weight excluding hydrogens is 481 g/mol. The molecule has 0 spiro atoms. The number of nitrogens with one attached hydrogen (secondary N) is 3.